The predicted molar refractivity (Wildman–Crippen MR) is 117 cm³/mol. The van der Waals surface area contributed by atoms with Crippen molar-refractivity contribution in [3.8, 4) is 0 Å². The van der Waals surface area contributed by atoms with Crippen LogP contribution in [0.5, 0.6) is 0 Å². The molecule has 0 saturated carbocycles. The number of ether oxygens (including phenoxy) is 1. The summed E-state index contributed by atoms with van der Waals surface area (Å²) in [6, 6.07) is 6.02. The molecule has 2 aliphatic heterocycles. The summed E-state index contributed by atoms with van der Waals surface area (Å²) in [6.45, 7) is 3.09. The number of fused-ring (bicyclic) bond motifs is 1. The quantitative estimate of drug-likeness (QED) is 0.699. The summed E-state index contributed by atoms with van der Waals surface area (Å²) in [5.41, 5.74) is 2.79. The van der Waals surface area contributed by atoms with Crippen molar-refractivity contribution in [2.24, 2.45) is 7.05 Å². The summed E-state index contributed by atoms with van der Waals surface area (Å²) >= 11 is 0. The van der Waals surface area contributed by atoms with Gasteiger partial charge in [0.25, 0.3) is 5.91 Å². The largest absolute Gasteiger partial charge is 0.378 e. The van der Waals surface area contributed by atoms with Crippen molar-refractivity contribution in [2.45, 2.75) is 32.4 Å². The van der Waals surface area contributed by atoms with Gasteiger partial charge in [-0.15, -0.1) is 0 Å². The first kappa shape index (κ1) is 22.9. The molecular weight excluding hydrogens is 429 g/mol. The van der Waals surface area contributed by atoms with Crippen LogP contribution in [-0.2, 0) is 40.9 Å². The highest BCUT2D eigenvalue weighted by molar-refractivity contribution is 5.94. The monoisotopic (exact) mass is 457 g/mol. The minimum absolute atomic E-state index is 0.0457. The molecule has 0 atom stereocenters. The van der Waals surface area contributed by atoms with Crippen LogP contribution >= 0.6 is 0 Å². The second-order valence-electron chi connectivity index (χ2n) is 8.27. The number of hydrogen-bond donors (Lipinski definition) is 1. The van der Waals surface area contributed by atoms with E-state index < -0.39 is 0 Å². The number of benzene rings is 1. The van der Waals surface area contributed by atoms with E-state index in [2.05, 4.69) is 10.4 Å². The van der Waals surface area contributed by atoms with Gasteiger partial charge in [-0.2, -0.15) is 5.10 Å². The van der Waals surface area contributed by atoms with Gasteiger partial charge in [-0.25, -0.2) is 4.39 Å². The molecule has 0 spiro atoms. The average molecular weight is 458 g/mol. The van der Waals surface area contributed by atoms with Crippen LogP contribution in [0.25, 0.3) is 0 Å². The fourth-order valence-electron chi connectivity index (χ4n) is 4.21. The minimum Gasteiger partial charge on any atom is -0.378 e. The molecular formula is C23H28FN5O4. The van der Waals surface area contributed by atoms with Crippen molar-refractivity contribution in [1.82, 2.24) is 24.9 Å². The fourth-order valence-corrected chi connectivity index (χ4v) is 4.21. The minimum atomic E-state index is -0.358. The Balaban J connectivity index is 1.32. The van der Waals surface area contributed by atoms with Gasteiger partial charge < -0.3 is 19.9 Å². The van der Waals surface area contributed by atoms with E-state index in [0.717, 1.165) is 11.3 Å². The zero-order valence-electron chi connectivity index (χ0n) is 18.7. The summed E-state index contributed by atoms with van der Waals surface area (Å²) in [5, 5.41) is 7.16. The van der Waals surface area contributed by atoms with E-state index in [4.69, 9.17) is 4.74 Å². The van der Waals surface area contributed by atoms with E-state index in [-0.39, 0.29) is 42.9 Å². The summed E-state index contributed by atoms with van der Waals surface area (Å²) in [5.74, 6) is -0.908. The second kappa shape index (κ2) is 10.1. The number of morpholine rings is 1. The maximum Gasteiger partial charge on any atom is 0.274 e. The highest BCUT2D eigenvalue weighted by Gasteiger charge is 2.31. The number of nitrogens with zero attached hydrogens (tertiary/aromatic N) is 4. The van der Waals surface area contributed by atoms with E-state index in [1.54, 1.807) is 26.6 Å². The van der Waals surface area contributed by atoms with E-state index >= 15 is 0 Å². The molecule has 1 aromatic heterocycles. The molecule has 176 valence electrons. The van der Waals surface area contributed by atoms with Gasteiger partial charge in [-0.1, -0.05) is 12.1 Å². The third kappa shape index (κ3) is 5.39. The average Bonchev–Trinajstić information content (AvgIpc) is 3.17. The number of amides is 3. The zero-order valence-corrected chi connectivity index (χ0v) is 18.7. The Kier molecular flexibility index (Phi) is 7.02. The molecule has 1 fully saturated rings. The van der Waals surface area contributed by atoms with E-state index in [9.17, 15) is 18.8 Å². The number of nitrogens with one attached hydrogen (secondary N) is 1. The van der Waals surface area contributed by atoms with Crippen LogP contribution in [0.15, 0.2) is 24.3 Å². The van der Waals surface area contributed by atoms with Gasteiger partial charge >= 0.3 is 0 Å². The molecule has 3 heterocycles. The molecule has 1 saturated heterocycles. The maximum absolute atomic E-state index is 13.2. The maximum atomic E-state index is 13.2. The first-order valence-electron chi connectivity index (χ1n) is 11.1. The Morgan fingerprint density at radius 1 is 1.12 bits per heavy atom. The molecule has 0 bridgehead atoms. The summed E-state index contributed by atoms with van der Waals surface area (Å²) < 4.78 is 20.3. The van der Waals surface area contributed by atoms with E-state index in [0.29, 0.717) is 57.1 Å². The Bertz CT molecular complexity index is 1050. The standard InChI is InChI=1S/C23H28FN5O4/c1-27-19-7-8-29(15-18(19)22(26-27)23(32)28-9-11-33-12-10-28)21(31)6-5-20(30)25-14-16-3-2-4-17(24)13-16/h2-4,13H,5-12,14-15H2,1H3,(H,25,30). The van der Waals surface area contributed by atoms with Crippen molar-refractivity contribution >= 4 is 17.7 Å². The van der Waals surface area contributed by atoms with E-state index in [1.807, 2.05) is 7.05 Å². The third-order valence-electron chi connectivity index (χ3n) is 6.04. The smallest absolute Gasteiger partial charge is 0.274 e. The lowest BCUT2D eigenvalue weighted by atomic mass is 10.0. The van der Waals surface area contributed by atoms with Crippen molar-refractivity contribution in [2.75, 3.05) is 32.8 Å². The molecule has 10 heteroatoms. The van der Waals surface area contributed by atoms with Crippen molar-refractivity contribution in [1.29, 1.82) is 0 Å². The van der Waals surface area contributed by atoms with E-state index in [1.165, 1.54) is 12.1 Å². The van der Waals surface area contributed by atoms with Crippen LogP contribution in [-0.4, -0.2) is 70.1 Å². The van der Waals surface area contributed by atoms with Gasteiger partial charge in [-0.3, -0.25) is 19.1 Å². The molecule has 0 radical (unpaired) electrons. The first-order chi connectivity index (χ1) is 15.9. The number of halogens is 1. The fraction of sp³-hybridized carbons (Fsp3) is 0.478. The number of carbonyl (C=O) groups excluding carboxylic acids is 3. The molecule has 1 N–H and O–H groups in total. The van der Waals surface area contributed by atoms with Gasteiger partial charge in [-0.05, 0) is 17.7 Å². The van der Waals surface area contributed by atoms with Gasteiger partial charge in [0.1, 0.15) is 5.82 Å². The van der Waals surface area contributed by atoms with Crippen LogP contribution in [0.2, 0.25) is 0 Å². The molecule has 2 aliphatic rings. The Morgan fingerprint density at radius 3 is 2.67 bits per heavy atom. The van der Waals surface area contributed by atoms with Crippen molar-refractivity contribution in [3.63, 3.8) is 0 Å². The Hall–Kier alpha value is -3.27. The van der Waals surface area contributed by atoms with Crippen molar-refractivity contribution in [3.05, 3.63) is 52.6 Å². The lowest BCUT2D eigenvalue weighted by Gasteiger charge is -2.29. The molecule has 3 amide bonds. The topological polar surface area (TPSA) is 96.8 Å². The Morgan fingerprint density at radius 2 is 1.91 bits per heavy atom. The van der Waals surface area contributed by atoms with Crippen LogP contribution in [0.3, 0.4) is 0 Å². The summed E-state index contributed by atoms with van der Waals surface area (Å²) in [7, 11) is 1.81. The van der Waals surface area contributed by atoms with Crippen molar-refractivity contribution < 1.29 is 23.5 Å². The zero-order chi connectivity index (χ0) is 23.4. The molecule has 0 unspecified atom stereocenters. The van der Waals surface area contributed by atoms with Crippen LogP contribution in [0.1, 0.15) is 40.2 Å². The van der Waals surface area contributed by atoms with Crippen LogP contribution < -0.4 is 5.32 Å². The third-order valence-corrected chi connectivity index (χ3v) is 6.04. The highest BCUT2D eigenvalue weighted by atomic mass is 19.1. The lowest BCUT2D eigenvalue weighted by molar-refractivity contribution is -0.134. The molecule has 0 aliphatic carbocycles. The predicted octanol–water partition coefficient (Wildman–Crippen LogP) is 1.01. The van der Waals surface area contributed by atoms with Crippen LogP contribution in [0, 0.1) is 5.82 Å². The molecule has 9 nitrogen and oxygen atoms in total. The summed E-state index contributed by atoms with van der Waals surface area (Å²) in [6.07, 6.45) is 0.716. The van der Waals surface area contributed by atoms with Crippen LogP contribution in [0.4, 0.5) is 4.39 Å². The molecule has 2 aromatic rings. The molecule has 1 aromatic carbocycles. The van der Waals surface area contributed by atoms with Gasteiger partial charge in [0.2, 0.25) is 11.8 Å². The number of carbonyl (C=O) groups is 3. The number of aryl methyl sites for hydroxylation is 1. The lowest BCUT2D eigenvalue weighted by Crippen LogP contribution is -2.42. The second-order valence-corrected chi connectivity index (χ2v) is 8.27. The van der Waals surface area contributed by atoms with Gasteiger partial charge in [0.15, 0.2) is 5.69 Å². The number of aromatic nitrogens is 2. The molecule has 33 heavy (non-hydrogen) atoms. The highest BCUT2D eigenvalue weighted by Crippen LogP contribution is 2.24. The SMILES string of the molecule is Cn1nc(C(=O)N2CCOCC2)c2c1CCN(C(=O)CCC(=O)NCc1cccc(F)c1)C2. The Labute approximate surface area is 191 Å². The first-order valence-corrected chi connectivity index (χ1v) is 11.1. The molecule has 4 rings (SSSR count). The van der Waals surface area contributed by atoms with Gasteiger partial charge in [0.05, 0.1) is 13.2 Å². The number of hydrogen-bond acceptors (Lipinski definition) is 5. The van der Waals surface area contributed by atoms with Gasteiger partial charge in [0, 0.05) is 70.3 Å². The normalized spacial score (nSPS) is 15.8. The summed E-state index contributed by atoms with van der Waals surface area (Å²) in [4.78, 5) is 41.4. The number of rotatable bonds is 6.